The van der Waals surface area contributed by atoms with Gasteiger partial charge in [-0.3, -0.25) is 4.79 Å². The van der Waals surface area contributed by atoms with E-state index in [9.17, 15) is 4.79 Å². The molecule has 0 bridgehead atoms. The van der Waals surface area contributed by atoms with Crippen molar-refractivity contribution in [2.75, 3.05) is 13.2 Å². The highest BCUT2D eigenvalue weighted by atomic mass is 16.5. The summed E-state index contributed by atoms with van der Waals surface area (Å²) in [6.45, 7) is 7.31. The van der Waals surface area contributed by atoms with E-state index in [0.717, 1.165) is 25.7 Å². The van der Waals surface area contributed by atoms with Crippen LogP contribution in [0.5, 0.6) is 0 Å². The second kappa shape index (κ2) is 9.46. The van der Waals surface area contributed by atoms with Crippen molar-refractivity contribution in [1.82, 2.24) is 0 Å². The summed E-state index contributed by atoms with van der Waals surface area (Å²) < 4.78 is 5.28. The fraction of sp³-hybridized carbons (Fsp3) is 0.929. The summed E-state index contributed by atoms with van der Waals surface area (Å²) in [7, 11) is 0. The van der Waals surface area contributed by atoms with Crippen molar-refractivity contribution in [3.63, 3.8) is 0 Å². The van der Waals surface area contributed by atoms with Gasteiger partial charge in [0.1, 0.15) is 0 Å². The Morgan fingerprint density at radius 3 is 2.41 bits per heavy atom. The smallest absolute Gasteiger partial charge is 0.311 e. The van der Waals surface area contributed by atoms with E-state index in [1.54, 1.807) is 0 Å². The van der Waals surface area contributed by atoms with Gasteiger partial charge in [0.25, 0.3) is 0 Å². The van der Waals surface area contributed by atoms with Gasteiger partial charge in [-0.25, -0.2) is 0 Å². The Morgan fingerprint density at radius 2 is 1.88 bits per heavy atom. The lowest BCUT2D eigenvalue weighted by Gasteiger charge is -2.25. The van der Waals surface area contributed by atoms with Crippen molar-refractivity contribution >= 4 is 5.97 Å². The molecular weight excluding hydrogens is 214 g/mol. The Kier molecular flexibility index (Phi) is 9.14. The van der Waals surface area contributed by atoms with Crippen LogP contribution >= 0.6 is 0 Å². The number of carbonyl (C=O) groups is 1. The van der Waals surface area contributed by atoms with Crippen molar-refractivity contribution in [2.24, 2.45) is 11.1 Å². The van der Waals surface area contributed by atoms with Crippen LogP contribution in [0.15, 0.2) is 0 Å². The number of ether oxygens (including phenoxy) is 1. The van der Waals surface area contributed by atoms with Crippen molar-refractivity contribution in [2.45, 2.75) is 65.7 Å². The summed E-state index contributed by atoms with van der Waals surface area (Å²) in [5.41, 5.74) is 5.08. The molecule has 0 saturated carbocycles. The van der Waals surface area contributed by atoms with Gasteiger partial charge in [-0.15, -0.1) is 0 Å². The number of unbranched alkanes of at least 4 members (excludes halogenated alkanes) is 3. The molecule has 0 aromatic heterocycles. The van der Waals surface area contributed by atoms with E-state index in [-0.39, 0.29) is 11.4 Å². The third-order valence-electron chi connectivity index (χ3n) is 3.44. The van der Waals surface area contributed by atoms with E-state index in [2.05, 4.69) is 13.8 Å². The largest absolute Gasteiger partial charge is 0.465 e. The van der Waals surface area contributed by atoms with Gasteiger partial charge in [0, 0.05) is 0 Å². The van der Waals surface area contributed by atoms with E-state index < -0.39 is 0 Å². The van der Waals surface area contributed by atoms with Gasteiger partial charge in [-0.2, -0.15) is 0 Å². The first-order valence-electron chi connectivity index (χ1n) is 6.98. The average molecular weight is 243 g/mol. The Bertz CT molecular complexity index is 206. The number of hydrogen-bond acceptors (Lipinski definition) is 3. The van der Waals surface area contributed by atoms with Crippen LogP contribution in [-0.4, -0.2) is 19.1 Å². The van der Waals surface area contributed by atoms with E-state index in [1.165, 1.54) is 19.3 Å². The molecular formula is C14H29NO2. The Labute approximate surface area is 106 Å². The molecule has 17 heavy (non-hydrogen) atoms. The maximum atomic E-state index is 12.0. The number of hydrogen-bond donors (Lipinski definition) is 1. The third kappa shape index (κ3) is 6.67. The van der Waals surface area contributed by atoms with Crippen LogP contribution in [0.2, 0.25) is 0 Å². The Hall–Kier alpha value is -0.570. The molecule has 0 rings (SSSR count). The van der Waals surface area contributed by atoms with Crippen molar-refractivity contribution < 1.29 is 9.53 Å². The summed E-state index contributed by atoms with van der Waals surface area (Å²) in [6.07, 6.45) is 7.34. The van der Waals surface area contributed by atoms with Gasteiger partial charge < -0.3 is 10.5 Å². The van der Waals surface area contributed by atoms with Gasteiger partial charge in [0.05, 0.1) is 12.0 Å². The van der Waals surface area contributed by atoms with Gasteiger partial charge >= 0.3 is 5.97 Å². The monoisotopic (exact) mass is 243 g/mol. The van der Waals surface area contributed by atoms with E-state index >= 15 is 0 Å². The van der Waals surface area contributed by atoms with Crippen molar-refractivity contribution in [1.29, 1.82) is 0 Å². The number of rotatable bonds is 10. The summed E-state index contributed by atoms with van der Waals surface area (Å²) in [5, 5.41) is 0. The minimum Gasteiger partial charge on any atom is -0.465 e. The van der Waals surface area contributed by atoms with Crippen molar-refractivity contribution in [3.05, 3.63) is 0 Å². The topological polar surface area (TPSA) is 52.3 Å². The third-order valence-corrected chi connectivity index (χ3v) is 3.44. The molecule has 0 aliphatic rings. The maximum Gasteiger partial charge on any atom is 0.311 e. The second-order valence-corrected chi connectivity index (χ2v) is 5.00. The van der Waals surface area contributed by atoms with Crippen LogP contribution in [0, 0.1) is 5.41 Å². The molecule has 1 unspecified atom stereocenters. The minimum atomic E-state index is -0.303. The van der Waals surface area contributed by atoms with Crippen LogP contribution in [0.25, 0.3) is 0 Å². The van der Waals surface area contributed by atoms with E-state index in [1.807, 2.05) is 6.92 Å². The standard InChI is InChI=1S/C14H29NO2/c1-4-6-7-8-10-14(3,5-2)13(16)17-12-9-11-15/h4-12,15H2,1-3H3. The molecule has 3 nitrogen and oxygen atoms in total. The molecule has 0 heterocycles. The Morgan fingerprint density at radius 1 is 1.18 bits per heavy atom. The molecule has 0 aromatic carbocycles. The number of nitrogens with two attached hydrogens (primary N) is 1. The number of carbonyl (C=O) groups excluding carboxylic acids is 1. The van der Waals surface area contributed by atoms with Crippen LogP contribution in [-0.2, 0) is 9.53 Å². The molecule has 0 aliphatic carbocycles. The molecule has 102 valence electrons. The highest BCUT2D eigenvalue weighted by molar-refractivity contribution is 5.76. The van der Waals surface area contributed by atoms with Crippen LogP contribution in [0.1, 0.15) is 65.7 Å². The summed E-state index contributed by atoms with van der Waals surface area (Å²) >= 11 is 0. The zero-order valence-electron chi connectivity index (χ0n) is 11.8. The fourth-order valence-corrected chi connectivity index (χ4v) is 1.79. The van der Waals surface area contributed by atoms with Gasteiger partial charge in [-0.1, -0.05) is 39.5 Å². The highest BCUT2D eigenvalue weighted by Crippen LogP contribution is 2.30. The van der Waals surface area contributed by atoms with E-state index in [0.29, 0.717) is 13.2 Å². The fourth-order valence-electron chi connectivity index (χ4n) is 1.79. The lowest BCUT2D eigenvalue weighted by Crippen LogP contribution is -2.30. The molecule has 0 aromatic rings. The molecule has 1 atom stereocenters. The predicted molar refractivity (Wildman–Crippen MR) is 71.8 cm³/mol. The zero-order valence-corrected chi connectivity index (χ0v) is 11.8. The summed E-state index contributed by atoms with van der Waals surface area (Å²) in [4.78, 5) is 12.0. The molecule has 0 spiro atoms. The molecule has 0 amide bonds. The minimum absolute atomic E-state index is 0.0510. The molecule has 2 N–H and O–H groups in total. The van der Waals surface area contributed by atoms with Gasteiger partial charge in [0.2, 0.25) is 0 Å². The summed E-state index contributed by atoms with van der Waals surface area (Å²) in [6, 6.07) is 0. The molecule has 0 saturated heterocycles. The summed E-state index contributed by atoms with van der Waals surface area (Å²) in [5.74, 6) is -0.0510. The van der Waals surface area contributed by atoms with Gasteiger partial charge in [-0.05, 0) is 32.7 Å². The van der Waals surface area contributed by atoms with Crippen LogP contribution < -0.4 is 5.73 Å². The normalized spacial score (nSPS) is 14.4. The molecule has 3 heteroatoms. The second-order valence-electron chi connectivity index (χ2n) is 5.00. The van der Waals surface area contributed by atoms with Crippen molar-refractivity contribution in [3.8, 4) is 0 Å². The maximum absolute atomic E-state index is 12.0. The molecule has 0 aliphatic heterocycles. The first-order valence-corrected chi connectivity index (χ1v) is 6.98. The van der Waals surface area contributed by atoms with E-state index in [4.69, 9.17) is 10.5 Å². The SMILES string of the molecule is CCCCCCC(C)(CC)C(=O)OCCCN. The lowest BCUT2D eigenvalue weighted by molar-refractivity contribution is -0.155. The molecule has 0 fully saturated rings. The quantitative estimate of drug-likeness (QED) is 0.473. The van der Waals surface area contributed by atoms with Crippen LogP contribution in [0.3, 0.4) is 0 Å². The Balaban J connectivity index is 4.01. The van der Waals surface area contributed by atoms with Gasteiger partial charge in [0.15, 0.2) is 0 Å². The average Bonchev–Trinajstić information content (AvgIpc) is 2.34. The first-order chi connectivity index (χ1) is 8.10. The highest BCUT2D eigenvalue weighted by Gasteiger charge is 2.32. The van der Waals surface area contributed by atoms with Crippen LogP contribution in [0.4, 0.5) is 0 Å². The number of esters is 1. The predicted octanol–water partition coefficient (Wildman–Crippen LogP) is 3.27. The zero-order chi connectivity index (χ0) is 13.1. The first kappa shape index (κ1) is 16.4. The molecule has 0 radical (unpaired) electrons. The lowest BCUT2D eigenvalue weighted by atomic mass is 9.82.